The first-order valence-electron chi connectivity index (χ1n) is 7.93. The Labute approximate surface area is 138 Å². The second-order valence-electron chi connectivity index (χ2n) is 5.82. The number of hydrogen-bond acceptors (Lipinski definition) is 4. The number of alkyl halides is 3. The summed E-state index contributed by atoms with van der Waals surface area (Å²) < 4.78 is 38.4. The standard InChI is InChI=1S/C15H22F3N3OS/c1-2-3-6-19-14-20-12(10-23-14)8-13(22)21-7-4-5-11(9-21)15(16,17)18/h10-11H,2-9H2,1H3,(H,19,20). The Morgan fingerprint density at radius 3 is 3.00 bits per heavy atom. The van der Waals surface area contributed by atoms with Gasteiger partial charge >= 0.3 is 6.18 Å². The van der Waals surface area contributed by atoms with Crippen LogP contribution in [0.25, 0.3) is 0 Å². The number of thiazole rings is 1. The Morgan fingerprint density at radius 2 is 2.30 bits per heavy atom. The lowest BCUT2D eigenvalue weighted by Gasteiger charge is -2.33. The number of carbonyl (C=O) groups excluding carboxylic acids is 1. The average Bonchev–Trinajstić information content (AvgIpc) is 2.94. The molecule has 1 aromatic rings. The highest BCUT2D eigenvalue weighted by Gasteiger charge is 2.42. The number of nitrogens with zero attached hydrogens (tertiary/aromatic N) is 2. The van der Waals surface area contributed by atoms with Gasteiger partial charge in [-0.15, -0.1) is 11.3 Å². The van der Waals surface area contributed by atoms with Crippen molar-refractivity contribution in [3.8, 4) is 0 Å². The molecule has 1 aromatic heterocycles. The molecule has 4 nitrogen and oxygen atoms in total. The first kappa shape index (κ1) is 18.0. The maximum absolute atomic E-state index is 12.8. The van der Waals surface area contributed by atoms with Gasteiger partial charge < -0.3 is 10.2 Å². The number of carbonyl (C=O) groups is 1. The summed E-state index contributed by atoms with van der Waals surface area (Å²) in [5.41, 5.74) is 0.619. The first-order valence-corrected chi connectivity index (χ1v) is 8.81. The Morgan fingerprint density at radius 1 is 1.52 bits per heavy atom. The van der Waals surface area contributed by atoms with Crippen molar-refractivity contribution in [2.24, 2.45) is 5.92 Å². The van der Waals surface area contributed by atoms with Gasteiger partial charge in [-0.05, 0) is 19.3 Å². The Kier molecular flexibility index (Phi) is 6.26. The van der Waals surface area contributed by atoms with Crippen LogP contribution in [0.3, 0.4) is 0 Å². The number of aromatic nitrogens is 1. The lowest BCUT2D eigenvalue weighted by atomic mass is 9.97. The fourth-order valence-corrected chi connectivity index (χ4v) is 3.32. The first-order chi connectivity index (χ1) is 10.9. The molecule has 1 aliphatic rings. The molecule has 0 aliphatic carbocycles. The highest BCUT2D eigenvalue weighted by molar-refractivity contribution is 7.13. The number of likely N-dealkylation sites (tertiary alicyclic amines) is 1. The number of piperidine rings is 1. The molecule has 0 saturated carbocycles. The molecule has 0 bridgehead atoms. The van der Waals surface area contributed by atoms with Gasteiger partial charge in [0.25, 0.3) is 0 Å². The van der Waals surface area contributed by atoms with E-state index in [2.05, 4.69) is 17.2 Å². The van der Waals surface area contributed by atoms with Crippen molar-refractivity contribution in [1.29, 1.82) is 0 Å². The summed E-state index contributed by atoms with van der Waals surface area (Å²) in [4.78, 5) is 17.9. The topological polar surface area (TPSA) is 45.2 Å². The van der Waals surface area contributed by atoms with Gasteiger partial charge in [0.15, 0.2) is 5.13 Å². The minimum Gasteiger partial charge on any atom is -0.362 e. The summed E-state index contributed by atoms with van der Waals surface area (Å²) in [6.45, 7) is 3.10. The van der Waals surface area contributed by atoms with Crippen molar-refractivity contribution in [3.63, 3.8) is 0 Å². The molecule has 1 aliphatic heterocycles. The molecule has 0 radical (unpaired) electrons. The Balaban J connectivity index is 1.86. The second-order valence-corrected chi connectivity index (χ2v) is 6.68. The van der Waals surface area contributed by atoms with Crippen LogP contribution in [-0.4, -0.2) is 41.6 Å². The molecular weight excluding hydrogens is 327 g/mol. The molecule has 1 saturated heterocycles. The molecule has 2 rings (SSSR count). The summed E-state index contributed by atoms with van der Waals surface area (Å²) in [5, 5.41) is 5.73. The van der Waals surface area contributed by atoms with Gasteiger partial charge in [-0.3, -0.25) is 4.79 Å². The van der Waals surface area contributed by atoms with E-state index in [0.717, 1.165) is 24.5 Å². The van der Waals surface area contributed by atoms with E-state index >= 15 is 0 Å². The van der Waals surface area contributed by atoms with Gasteiger partial charge in [0.1, 0.15) is 0 Å². The Bertz CT molecular complexity index is 518. The number of unbranched alkanes of at least 4 members (excludes halogenated alkanes) is 1. The van der Waals surface area contributed by atoms with E-state index in [4.69, 9.17) is 0 Å². The number of anilines is 1. The second kappa shape index (κ2) is 7.99. The van der Waals surface area contributed by atoms with Crippen LogP contribution in [0.1, 0.15) is 38.3 Å². The fraction of sp³-hybridized carbons (Fsp3) is 0.733. The minimum atomic E-state index is -4.23. The Hall–Kier alpha value is -1.31. The molecule has 1 atom stereocenters. The largest absolute Gasteiger partial charge is 0.393 e. The third-order valence-corrected chi connectivity index (χ3v) is 4.78. The predicted molar refractivity (Wildman–Crippen MR) is 84.6 cm³/mol. The predicted octanol–water partition coefficient (Wildman–Crippen LogP) is 3.70. The number of rotatable bonds is 6. The van der Waals surface area contributed by atoms with Crippen LogP contribution in [0.5, 0.6) is 0 Å². The number of hydrogen-bond donors (Lipinski definition) is 1. The molecule has 2 heterocycles. The summed E-state index contributed by atoms with van der Waals surface area (Å²) in [6.07, 6.45) is -1.53. The highest BCUT2D eigenvalue weighted by atomic mass is 32.1. The number of halogens is 3. The molecule has 23 heavy (non-hydrogen) atoms. The molecule has 8 heteroatoms. The maximum atomic E-state index is 12.8. The van der Waals surface area contributed by atoms with Crippen LogP contribution in [-0.2, 0) is 11.2 Å². The zero-order chi connectivity index (χ0) is 16.9. The van der Waals surface area contributed by atoms with Crippen molar-refractivity contribution < 1.29 is 18.0 Å². The molecule has 130 valence electrons. The summed E-state index contributed by atoms with van der Waals surface area (Å²) in [7, 11) is 0. The molecule has 0 spiro atoms. The van der Waals surface area contributed by atoms with Crippen molar-refractivity contribution in [3.05, 3.63) is 11.1 Å². The molecule has 0 aromatic carbocycles. The van der Waals surface area contributed by atoms with Gasteiger partial charge in [-0.1, -0.05) is 13.3 Å². The summed E-state index contributed by atoms with van der Waals surface area (Å²) in [6, 6.07) is 0. The van der Waals surface area contributed by atoms with Gasteiger partial charge in [0.2, 0.25) is 5.91 Å². The van der Waals surface area contributed by atoms with Crippen molar-refractivity contribution >= 4 is 22.4 Å². The zero-order valence-corrected chi connectivity index (χ0v) is 14.0. The van der Waals surface area contributed by atoms with Crippen molar-refractivity contribution in [2.45, 2.75) is 45.2 Å². The zero-order valence-electron chi connectivity index (χ0n) is 13.2. The molecule has 1 N–H and O–H groups in total. The van der Waals surface area contributed by atoms with Crippen LogP contribution in [0, 0.1) is 5.92 Å². The van der Waals surface area contributed by atoms with E-state index in [-0.39, 0.29) is 25.3 Å². The van der Waals surface area contributed by atoms with E-state index in [0.29, 0.717) is 18.7 Å². The quantitative estimate of drug-likeness (QED) is 0.797. The van der Waals surface area contributed by atoms with Crippen molar-refractivity contribution in [1.82, 2.24) is 9.88 Å². The van der Waals surface area contributed by atoms with Crippen LogP contribution in [0.15, 0.2) is 5.38 Å². The highest BCUT2D eigenvalue weighted by Crippen LogP contribution is 2.33. The van der Waals surface area contributed by atoms with Crippen LogP contribution in [0.2, 0.25) is 0 Å². The lowest BCUT2D eigenvalue weighted by Crippen LogP contribution is -2.45. The SMILES string of the molecule is CCCCNc1nc(CC(=O)N2CCCC(C(F)(F)F)C2)cs1. The smallest absolute Gasteiger partial charge is 0.362 e. The van der Waals surface area contributed by atoms with E-state index in [1.165, 1.54) is 16.2 Å². The van der Waals surface area contributed by atoms with Crippen LogP contribution >= 0.6 is 11.3 Å². The van der Waals surface area contributed by atoms with E-state index in [1.54, 1.807) is 5.38 Å². The van der Waals surface area contributed by atoms with Crippen LogP contribution in [0.4, 0.5) is 18.3 Å². The minimum absolute atomic E-state index is 0.0660. The normalized spacial score (nSPS) is 19.0. The van der Waals surface area contributed by atoms with E-state index < -0.39 is 12.1 Å². The van der Waals surface area contributed by atoms with E-state index in [1.807, 2.05) is 0 Å². The third kappa shape index (κ3) is 5.37. The third-order valence-electron chi connectivity index (χ3n) is 3.93. The summed E-state index contributed by atoms with van der Waals surface area (Å²) in [5.74, 6) is -1.67. The number of nitrogens with one attached hydrogen (secondary N) is 1. The van der Waals surface area contributed by atoms with Gasteiger partial charge in [0.05, 0.1) is 18.0 Å². The van der Waals surface area contributed by atoms with Gasteiger partial charge in [-0.2, -0.15) is 13.2 Å². The maximum Gasteiger partial charge on any atom is 0.393 e. The van der Waals surface area contributed by atoms with Crippen LogP contribution < -0.4 is 5.32 Å². The average molecular weight is 349 g/mol. The molecule has 1 fully saturated rings. The monoisotopic (exact) mass is 349 g/mol. The van der Waals surface area contributed by atoms with Gasteiger partial charge in [0, 0.05) is 25.0 Å². The van der Waals surface area contributed by atoms with E-state index in [9.17, 15) is 18.0 Å². The fourth-order valence-electron chi connectivity index (χ4n) is 2.58. The number of amides is 1. The molecular formula is C15H22F3N3OS. The van der Waals surface area contributed by atoms with Gasteiger partial charge in [-0.25, -0.2) is 4.98 Å². The molecule has 1 unspecified atom stereocenters. The summed E-state index contributed by atoms with van der Waals surface area (Å²) >= 11 is 1.42. The van der Waals surface area contributed by atoms with Crippen molar-refractivity contribution in [2.75, 3.05) is 25.0 Å². The lowest BCUT2D eigenvalue weighted by molar-refractivity contribution is -0.187. The molecule has 1 amide bonds.